The summed E-state index contributed by atoms with van der Waals surface area (Å²) in [6.07, 6.45) is 2.04. The van der Waals surface area contributed by atoms with Gasteiger partial charge in [0, 0.05) is 13.0 Å². The Bertz CT molecular complexity index is 441. The molecule has 0 spiro atoms. The molecule has 82 valence electrons. The van der Waals surface area contributed by atoms with Crippen molar-refractivity contribution in [2.24, 2.45) is 5.10 Å². The highest BCUT2D eigenvalue weighted by Crippen LogP contribution is 2.28. The third kappa shape index (κ3) is 1.38. The number of nitrogens with zero attached hydrogens (tertiary/aromatic N) is 2. The lowest BCUT2D eigenvalue weighted by molar-refractivity contribution is -0.126. The highest BCUT2D eigenvalue weighted by molar-refractivity contribution is 5.95. The van der Waals surface area contributed by atoms with Crippen molar-refractivity contribution in [1.82, 2.24) is 10.3 Å². The minimum atomic E-state index is -0.198. The molecule has 3 rings (SSSR count). The molecule has 1 unspecified atom stereocenters. The Morgan fingerprint density at radius 3 is 2.94 bits per heavy atom. The Labute approximate surface area is 93.9 Å². The molecule has 1 atom stereocenters. The number of fused-ring (bicyclic) bond motifs is 1. The van der Waals surface area contributed by atoms with E-state index in [0.29, 0.717) is 0 Å². The van der Waals surface area contributed by atoms with E-state index in [1.807, 2.05) is 30.3 Å². The summed E-state index contributed by atoms with van der Waals surface area (Å²) < 4.78 is 0. The first-order valence-corrected chi connectivity index (χ1v) is 5.54. The van der Waals surface area contributed by atoms with E-state index in [0.717, 1.165) is 30.8 Å². The molecule has 1 aromatic carbocycles. The predicted octanol–water partition coefficient (Wildman–Crippen LogP) is 1.27. The number of carbonyl (C=O) groups is 1. The van der Waals surface area contributed by atoms with Crippen LogP contribution in [0, 0.1) is 0 Å². The second-order valence-electron chi connectivity index (χ2n) is 4.11. The first kappa shape index (κ1) is 9.39. The maximum absolute atomic E-state index is 11.9. The van der Waals surface area contributed by atoms with Crippen LogP contribution >= 0.6 is 0 Å². The van der Waals surface area contributed by atoms with Crippen molar-refractivity contribution in [3.8, 4) is 0 Å². The summed E-state index contributed by atoms with van der Waals surface area (Å²) in [5.41, 5.74) is 3.65. The number of carbonyl (C=O) groups excluding carboxylic acids is 1. The third-order valence-corrected chi connectivity index (χ3v) is 3.10. The molecule has 1 fully saturated rings. The van der Waals surface area contributed by atoms with E-state index in [-0.39, 0.29) is 11.9 Å². The van der Waals surface area contributed by atoms with Gasteiger partial charge in [-0.05, 0) is 12.0 Å². The second kappa shape index (κ2) is 3.63. The van der Waals surface area contributed by atoms with Gasteiger partial charge in [0.1, 0.15) is 11.9 Å². The van der Waals surface area contributed by atoms with Gasteiger partial charge in [-0.25, -0.2) is 5.43 Å². The summed E-state index contributed by atoms with van der Waals surface area (Å²) in [4.78, 5) is 14.0. The first-order chi connectivity index (χ1) is 7.86. The summed E-state index contributed by atoms with van der Waals surface area (Å²) in [7, 11) is 0. The molecule has 0 bridgehead atoms. The molecule has 16 heavy (non-hydrogen) atoms. The highest BCUT2D eigenvalue weighted by Gasteiger charge is 2.35. The average Bonchev–Trinajstić information content (AvgIpc) is 2.78. The molecule has 4 heteroatoms. The van der Waals surface area contributed by atoms with Gasteiger partial charge >= 0.3 is 0 Å². The second-order valence-corrected chi connectivity index (χ2v) is 4.11. The van der Waals surface area contributed by atoms with Crippen LogP contribution in [0.25, 0.3) is 0 Å². The molecule has 4 nitrogen and oxygen atoms in total. The zero-order valence-corrected chi connectivity index (χ0v) is 8.89. The molecular formula is C12H13N3O. The van der Waals surface area contributed by atoms with Crippen molar-refractivity contribution in [2.75, 3.05) is 6.54 Å². The molecular weight excluding hydrogens is 202 g/mol. The molecule has 2 heterocycles. The molecule has 1 N–H and O–H groups in total. The van der Waals surface area contributed by atoms with Gasteiger partial charge in [0.15, 0.2) is 0 Å². The van der Waals surface area contributed by atoms with Crippen LogP contribution in [0.3, 0.4) is 0 Å². The lowest BCUT2D eigenvalue weighted by Gasteiger charge is -2.31. The molecule has 1 amide bonds. The zero-order chi connectivity index (χ0) is 11.0. The van der Waals surface area contributed by atoms with Gasteiger partial charge in [-0.15, -0.1) is 0 Å². The van der Waals surface area contributed by atoms with Crippen LogP contribution < -0.4 is 5.43 Å². The quantitative estimate of drug-likeness (QED) is 0.766. The summed E-state index contributed by atoms with van der Waals surface area (Å²) in [6, 6.07) is 9.67. The first-order valence-electron chi connectivity index (χ1n) is 5.54. The van der Waals surface area contributed by atoms with E-state index in [9.17, 15) is 4.79 Å². The predicted molar refractivity (Wildman–Crippen MR) is 60.7 cm³/mol. The van der Waals surface area contributed by atoms with Crippen molar-refractivity contribution >= 4 is 11.7 Å². The van der Waals surface area contributed by atoms with Gasteiger partial charge in [0.05, 0.1) is 0 Å². The van der Waals surface area contributed by atoms with Crippen LogP contribution in [0.5, 0.6) is 0 Å². The summed E-state index contributed by atoms with van der Waals surface area (Å²) in [5.74, 6) is 0.977. The minimum absolute atomic E-state index is 0.0307. The fourth-order valence-electron chi connectivity index (χ4n) is 2.37. The molecule has 0 aliphatic carbocycles. The van der Waals surface area contributed by atoms with E-state index in [1.54, 1.807) is 0 Å². The van der Waals surface area contributed by atoms with E-state index in [2.05, 4.69) is 15.4 Å². The Morgan fingerprint density at radius 2 is 2.12 bits per heavy atom. The van der Waals surface area contributed by atoms with Crippen LogP contribution in [0.1, 0.15) is 24.4 Å². The molecule has 0 radical (unpaired) electrons. The van der Waals surface area contributed by atoms with Crippen molar-refractivity contribution in [3.63, 3.8) is 0 Å². The Hall–Kier alpha value is -1.84. The summed E-state index contributed by atoms with van der Waals surface area (Å²) >= 11 is 0. The smallest absolute Gasteiger partial charge is 0.267 e. The lowest BCUT2D eigenvalue weighted by atomic mass is 10.0. The number of benzene rings is 1. The van der Waals surface area contributed by atoms with Gasteiger partial charge in [-0.3, -0.25) is 4.79 Å². The van der Waals surface area contributed by atoms with Crippen LogP contribution in [0.15, 0.2) is 35.4 Å². The van der Waals surface area contributed by atoms with Crippen LogP contribution in [0.2, 0.25) is 0 Å². The molecule has 2 aliphatic heterocycles. The fraction of sp³-hybridized carbons (Fsp3) is 0.333. The minimum Gasteiger partial charge on any atom is -0.343 e. The maximum atomic E-state index is 11.9. The molecule has 1 aromatic rings. The summed E-state index contributed by atoms with van der Waals surface area (Å²) in [5, 5.41) is 4.09. The van der Waals surface area contributed by atoms with Gasteiger partial charge < -0.3 is 4.90 Å². The standard InChI is InChI=1S/C12H13N3O/c16-12-11(9-5-2-1-3-6-9)15-8-4-7-10(15)13-14-12/h1-3,5-6,11H,4,7-8H2,(H,14,16). The van der Waals surface area contributed by atoms with Gasteiger partial charge in [0.25, 0.3) is 5.91 Å². The van der Waals surface area contributed by atoms with E-state index in [4.69, 9.17) is 0 Å². The largest absolute Gasteiger partial charge is 0.343 e. The topological polar surface area (TPSA) is 44.7 Å². The Morgan fingerprint density at radius 1 is 1.31 bits per heavy atom. The van der Waals surface area contributed by atoms with Crippen LogP contribution in [-0.4, -0.2) is 23.2 Å². The van der Waals surface area contributed by atoms with Crippen LogP contribution in [0.4, 0.5) is 0 Å². The number of rotatable bonds is 1. The van der Waals surface area contributed by atoms with Gasteiger partial charge in [-0.2, -0.15) is 5.10 Å². The lowest BCUT2D eigenvalue weighted by Crippen LogP contribution is -2.45. The maximum Gasteiger partial charge on any atom is 0.267 e. The molecule has 0 aromatic heterocycles. The SMILES string of the molecule is O=C1NN=C2CCCN2C1c1ccccc1. The number of hydrogen-bond donors (Lipinski definition) is 1. The molecule has 2 aliphatic rings. The van der Waals surface area contributed by atoms with E-state index in [1.165, 1.54) is 0 Å². The number of hydrogen-bond acceptors (Lipinski definition) is 3. The molecule has 1 saturated heterocycles. The van der Waals surface area contributed by atoms with Crippen molar-refractivity contribution in [1.29, 1.82) is 0 Å². The van der Waals surface area contributed by atoms with E-state index < -0.39 is 0 Å². The van der Waals surface area contributed by atoms with Gasteiger partial charge in [0.2, 0.25) is 0 Å². The Balaban J connectivity index is 2.00. The third-order valence-electron chi connectivity index (χ3n) is 3.10. The Kier molecular flexibility index (Phi) is 2.13. The summed E-state index contributed by atoms with van der Waals surface area (Å²) in [6.45, 7) is 0.922. The number of nitrogens with one attached hydrogen (secondary N) is 1. The zero-order valence-electron chi connectivity index (χ0n) is 8.89. The van der Waals surface area contributed by atoms with Crippen molar-refractivity contribution in [3.05, 3.63) is 35.9 Å². The van der Waals surface area contributed by atoms with E-state index >= 15 is 0 Å². The normalized spacial score (nSPS) is 23.8. The number of amidine groups is 1. The monoisotopic (exact) mass is 215 g/mol. The van der Waals surface area contributed by atoms with Gasteiger partial charge in [-0.1, -0.05) is 30.3 Å². The highest BCUT2D eigenvalue weighted by atomic mass is 16.2. The van der Waals surface area contributed by atoms with Crippen LogP contribution in [-0.2, 0) is 4.79 Å². The fourth-order valence-corrected chi connectivity index (χ4v) is 2.37. The average molecular weight is 215 g/mol. The molecule has 0 saturated carbocycles. The van der Waals surface area contributed by atoms with Crippen molar-refractivity contribution in [2.45, 2.75) is 18.9 Å². The van der Waals surface area contributed by atoms with Crippen molar-refractivity contribution < 1.29 is 4.79 Å². The number of hydrazone groups is 1. The number of amides is 1.